The number of sulfonamides is 1. The van der Waals surface area contributed by atoms with E-state index < -0.39 is 10.0 Å². The Morgan fingerprint density at radius 2 is 1.62 bits per heavy atom. The second kappa shape index (κ2) is 6.87. The Balaban J connectivity index is 1.97. The van der Waals surface area contributed by atoms with Gasteiger partial charge in [-0.3, -0.25) is 0 Å². The SMILES string of the molecule is Cc1ccccc1CS(=O)(=O)NC[C@@H](C)c1ccccc1. The molecule has 21 heavy (non-hydrogen) atoms. The smallest absolute Gasteiger partial charge is 0.214 e. The first-order valence-electron chi connectivity index (χ1n) is 7.05. The minimum atomic E-state index is -3.31. The highest BCUT2D eigenvalue weighted by molar-refractivity contribution is 7.88. The van der Waals surface area contributed by atoms with Crippen LogP contribution in [0, 0.1) is 6.92 Å². The number of benzene rings is 2. The average Bonchev–Trinajstić information content (AvgIpc) is 2.48. The maximum absolute atomic E-state index is 12.2. The maximum Gasteiger partial charge on any atom is 0.215 e. The summed E-state index contributed by atoms with van der Waals surface area (Å²) in [7, 11) is -3.31. The molecule has 2 rings (SSSR count). The summed E-state index contributed by atoms with van der Waals surface area (Å²) in [6.45, 7) is 4.36. The molecule has 0 spiro atoms. The second-order valence-electron chi connectivity index (χ2n) is 5.35. The maximum atomic E-state index is 12.2. The van der Waals surface area contributed by atoms with Crippen LogP contribution in [0.15, 0.2) is 54.6 Å². The first kappa shape index (κ1) is 15.7. The van der Waals surface area contributed by atoms with Crippen LogP contribution in [-0.4, -0.2) is 15.0 Å². The van der Waals surface area contributed by atoms with Crippen molar-refractivity contribution in [2.24, 2.45) is 0 Å². The Kier molecular flexibility index (Phi) is 5.15. The Morgan fingerprint density at radius 1 is 1.00 bits per heavy atom. The van der Waals surface area contributed by atoms with E-state index in [9.17, 15) is 8.42 Å². The Bertz CT molecular complexity index is 681. The Labute approximate surface area is 127 Å². The predicted octanol–water partition coefficient (Wildman–Crippen LogP) is 3.22. The van der Waals surface area contributed by atoms with Gasteiger partial charge < -0.3 is 0 Å². The first-order valence-corrected chi connectivity index (χ1v) is 8.70. The van der Waals surface area contributed by atoms with E-state index in [1.165, 1.54) is 0 Å². The van der Waals surface area contributed by atoms with Gasteiger partial charge in [-0.15, -0.1) is 0 Å². The summed E-state index contributed by atoms with van der Waals surface area (Å²) in [5, 5.41) is 0. The van der Waals surface area contributed by atoms with Crippen LogP contribution in [0.1, 0.15) is 29.5 Å². The zero-order valence-electron chi connectivity index (χ0n) is 12.4. The highest BCUT2D eigenvalue weighted by Gasteiger charge is 2.14. The monoisotopic (exact) mass is 303 g/mol. The van der Waals surface area contributed by atoms with E-state index in [1.54, 1.807) is 0 Å². The van der Waals surface area contributed by atoms with E-state index in [0.717, 1.165) is 16.7 Å². The lowest BCUT2D eigenvalue weighted by Gasteiger charge is -2.14. The molecule has 0 bridgehead atoms. The molecule has 2 aromatic carbocycles. The minimum absolute atomic E-state index is 0.0290. The first-order chi connectivity index (χ1) is 9.98. The van der Waals surface area contributed by atoms with Gasteiger partial charge >= 0.3 is 0 Å². The summed E-state index contributed by atoms with van der Waals surface area (Å²) in [5.74, 6) is 0.180. The van der Waals surface area contributed by atoms with E-state index in [1.807, 2.05) is 68.4 Å². The predicted molar refractivity (Wildman–Crippen MR) is 86.7 cm³/mol. The summed E-state index contributed by atoms with van der Waals surface area (Å²) in [5.41, 5.74) is 2.98. The molecule has 0 saturated carbocycles. The van der Waals surface area contributed by atoms with E-state index >= 15 is 0 Å². The summed E-state index contributed by atoms with van der Waals surface area (Å²) < 4.78 is 27.1. The number of nitrogens with one attached hydrogen (secondary N) is 1. The molecule has 0 aliphatic carbocycles. The second-order valence-corrected chi connectivity index (χ2v) is 7.15. The standard InChI is InChI=1S/C17H21NO2S/c1-14-8-6-7-11-17(14)13-21(19,20)18-12-15(2)16-9-4-3-5-10-16/h3-11,15,18H,12-13H2,1-2H3/t15-/m1/s1. The minimum Gasteiger partial charge on any atom is -0.214 e. The zero-order valence-corrected chi connectivity index (χ0v) is 13.2. The fraction of sp³-hybridized carbons (Fsp3) is 0.294. The normalized spacial score (nSPS) is 13.0. The molecule has 1 N–H and O–H groups in total. The van der Waals surface area contributed by atoms with Crippen LogP contribution < -0.4 is 4.72 Å². The fourth-order valence-electron chi connectivity index (χ4n) is 2.18. The number of hydrogen-bond donors (Lipinski definition) is 1. The third-order valence-electron chi connectivity index (χ3n) is 3.58. The van der Waals surface area contributed by atoms with Crippen LogP contribution in [0.25, 0.3) is 0 Å². The van der Waals surface area contributed by atoms with Crippen molar-refractivity contribution < 1.29 is 8.42 Å². The van der Waals surface area contributed by atoms with Crippen molar-refractivity contribution in [1.82, 2.24) is 4.72 Å². The molecule has 0 fully saturated rings. The van der Waals surface area contributed by atoms with E-state index in [-0.39, 0.29) is 11.7 Å². The van der Waals surface area contributed by atoms with Crippen LogP contribution in [-0.2, 0) is 15.8 Å². The number of hydrogen-bond acceptors (Lipinski definition) is 2. The molecule has 0 aliphatic heterocycles. The van der Waals surface area contributed by atoms with Crippen molar-refractivity contribution >= 4 is 10.0 Å². The quantitative estimate of drug-likeness (QED) is 0.890. The highest BCUT2D eigenvalue weighted by atomic mass is 32.2. The molecule has 112 valence electrons. The lowest BCUT2D eigenvalue weighted by molar-refractivity contribution is 0.574. The molecule has 4 heteroatoms. The summed E-state index contributed by atoms with van der Waals surface area (Å²) >= 11 is 0. The van der Waals surface area contributed by atoms with Gasteiger partial charge in [0.1, 0.15) is 0 Å². The third kappa shape index (κ3) is 4.69. The summed E-state index contributed by atoms with van der Waals surface area (Å²) in [4.78, 5) is 0. The van der Waals surface area contributed by atoms with Crippen molar-refractivity contribution in [2.75, 3.05) is 6.54 Å². The average molecular weight is 303 g/mol. The van der Waals surface area contributed by atoms with Crippen LogP contribution in [0.4, 0.5) is 0 Å². The largest absolute Gasteiger partial charge is 0.215 e. The van der Waals surface area contributed by atoms with Gasteiger partial charge in [-0.1, -0.05) is 61.5 Å². The molecular weight excluding hydrogens is 282 g/mol. The van der Waals surface area contributed by atoms with Gasteiger partial charge in [0.15, 0.2) is 0 Å². The molecule has 3 nitrogen and oxygen atoms in total. The molecule has 0 saturated heterocycles. The highest BCUT2D eigenvalue weighted by Crippen LogP contribution is 2.15. The van der Waals surface area contributed by atoms with E-state index in [0.29, 0.717) is 6.54 Å². The molecule has 1 atom stereocenters. The van der Waals surface area contributed by atoms with Crippen LogP contribution in [0.5, 0.6) is 0 Å². The van der Waals surface area contributed by atoms with Crippen molar-refractivity contribution in [1.29, 1.82) is 0 Å². The lowest BCUT2D eigenvalue weighted by atomic mass is 10.0. The third-order valence-corrected chi connectivity index (χ3v) is 4.88. The molecule has 0 radical (unpaired) electrons. The van der Waals surface area contributed by atoms with Gasteiger partial charge in [0.2, 0.25) is 10.0 Å². The van der Waals surface area contributed by atoms with Gasteiger partial charge in [-0.25, -0.2) is 13.1 Å². The summed E-state index contributed by atoms with van der Waals surface area (Å²) in [6.07, 6.45) is 0. The van der Waals surface area contributed by atoms with Gasteiger partial charge in [0, 0.05) is 6.54 Å². The van der Waals surface area contributed by atoms with Crippen molar-refractivity contribution in [3.63, 3.8) is 0 Å². The van der Waals surface area contributed by atoms with Crippen molar-refractivity contribution in [2.45, 2.75) is 25.5 Å². The van der Waals surface area contributed by atoms with Crippen molar-refractivity contribution in [3.05, 3.63) is 71.3 Å². The number of aryl methyl sites for hydroxylation is 1. The molecule has 0 amide bonds. The van der Waals surface area contributed by atoms with Crippen LogP contribution >= 0.6 is 0 Å². The Hall–Kier alpha value is -1.65. The molecular formula is C17H21NO2S. The number of rotatable bonds is 6. The van der Waals surface area contributed by atoms with E-state index in [2.05, 4.69) is 4.72 Å². The van der Waals surface area contributed by atoms with Gasteiger partial charge in [0.05, 0.1) is 5.75 Å². The van der Waals surface area contributed by atoms with E-state index in [4.69, 9.17) is 0 Å². The van der Waals surface area contributed by atoms with Crippen LogP contribution in [0.2, 0.25) is 0 Å². The van der Waals surface area contributed by atoms with Gasteiger partial charge in [0.25, 0.3) is 0 Å². The zero-order chi connectivity index (χ0) is 15.3. The molecule has 2 aromatic rings. The molecule has 0 aromatic heterocycles. The van der Waals surface area contributed by atoms with Gasteiger partial charge in [-0.05, 0) is 29.5 Å². The summed E-state index contributed by atoms with van der Waals surface area (Å²) in [6, 6.07) is 17.5. The molecule has 0 unspecified atom stereocenters. The molecule has 0 aliphatic rings. The van der Waals surface area contributed by atoms with Crippen LogP contribution in [0.3, 0.4) is 0 Å². The Morgan fingerprint density at radius 3 is 2.29 bits per heavy atom. The fourth-order valence-corrected chi connectivity index (χ4v) is 3.52. The van der Waals surface area contributed by atoms with Gasteiger partial charge in [-0.2, -0.15) is 0 Å². The molecule has 0 heterocycles. The van der Waals surface area contributed by atoms with Crippen molar-refractivity contribution in [3.8, 4) is 0 Å². The topological polar surface area (TPSA) is 46.2 Å². The lowest BCUT2D eigenvalue weighted by Crippen LogP contribution is -2.29.